The molecule has 0 amide bonds. The summed E-state index contributed by atoms with van der Waals surface area (Å²) in [7, 11) is 0. The SMILES string of the molecule is c1ccc(-c2nc(-c3cccc4c3-c3ccccc3C43C4CC5CC(C4)CC3C5)nc(-c3cccc4c3oc3ccccc34)n2)cc1. The highest BCUT2D eigenvalue weighted by atomic mass is 16.3. The van der Waals surface area contributed by atoms with Gasteiger partial charge in [-0.15, -0.1) is 0 Å². The number of fused-ring (bicyclic) bond motifs is 6. The summed E-state index contributed by atoms with van der Waals surface area (Å²) in [5.74, 6) is 5.24. The van der Waals surface area contributed by atoms with Crippen molar-refractivity contribution >= 4 is 21.9 Å². The van der Waals surface area contributed by atoms with Gasteiger partial charge in [0.05, 0.1) is 5.56 Å². The molecule has 4 heteroatoms. The van der Waals surface area contributed by atoms with E-state index in [2.05, 4.69) is 84.9 Å². The van der Waals surface area contributed by atoms with Gasteiger partial charge in [-0.1, -0.05) is 103 Å². The molecule has 2 heterocycles. The van der Waals surface area contributed by atoms with E-state index in [4.69, 9.17) is 19.4 Å². The van der Waals surface area contributed by atoms with Gasteiger partial charge in [-0.25, -0.2) is 15.0 Å². The highest BCUT2D eigenvalue weighted by molar-refractivity contribution is 6.09. The van der Waals surface area contributed by atoms with Crippen LogP contribution in [0.15, 0.2) is 120 Å². The van der Waals surface area contributed by atoms with Crippen LogP contribution >= 0.6 is 0 Å². The van der Waals surface area contributed by atoms with E-state index in [9.17, 15) is 0 Å². The molecule has 0 saturated heterocycles. The minimum Gasteiger partial charge on any atom is -0.455 e. The van der Waals surface area contributed by atoms with E-state index < -0.39 is 0 Å². The highest BCUT2D eigenvalue weighted by Crippen LogP contribution is 2.69. The van der Waals surface area contributed by atoms with Crippen LogP contribution in [0.1, 0.15) is 43.2 Å². The zero-order valence-corrected chi connectivity index (χ0v) is 26.1. The molecule has 2 aromatic heterocycles. The molecule has 47 heavy (non-hydrogen) atoms. The van der Waals surface area contributed by atoms with Crippen molar-refractivity contribution < 1.29 is 4.42 Å². The number of benzene rings is 5. The topological polar surface area (TPSA) is 51.8 Å². The first-order valence-corrected chi connectivity index (χ1v) is 17.2. The van der Waals surface area contributed by atoms with Gasteiger partial charge in [0.2, 0.25) is 0 Å². The van der Waals surface area contributed by atoms with Crippen LogP contribution in [-0.4, -0.2) is 15.0 Å². The van der Waals surface area contributed by atoms with Crippen molar-refractivity contribution in [1.29, 1.82) is 0 Å². The zero-order chi connectivity index (χ0) is 30.7. The summed E-state index contributed by atoms with van der Waals surface area (Å²) in [5, 5.41) is 2.17. The Morgan fingerprint density at radius 1 is 0.489 bits per heavy atom. The fraction of sp³-hybridized carbons (Fsp3) is 0.233. The van der Waals surface area contributed by atoms with Crippen LogP contribution < -0.4 is 0 Å². The fourth-order valence-electron chi connectivity index (χ4n) is 10.6. The van der Waals surface area contributed by atoms with Gasteiger partial charge in [-0.2, -0.15) is 0 Å². The third-order valence-electron chi connectivity index (χ3n) is 12.1. The lowest BCUT2D eigenvalue weighted by Gasteiger charge is -2.61. The molecule has 4 bridgehead atoms. The second-order valence-corrected chi connectivity index (χ2v) is 14.4. The van der Waals surface area contributed by atoms with E-state index >= 15 is 0 Å². The Morgan fingerprint density at radius 2 is 1.09 bits per heavy atom. The van der Waals surface area contributed by atoms with Crippen molar-refractivity contribution in [3.8, 4) is 45.3 Å². The molecular formula is C43H33N3O. The Bertz CT molecular complexity index is 2360. The number of hydrogen-bond donors (Lipinski definition) is 0. The molecule has 4 saturated carbocycles. The van der Waals surface area contributed by atoms with Crippen LogP contribution in [0, 0.1) is 23.7 Å². The molecule has 1 spiro atoms. The van der Waals surface area contributed by atoms with Crippen molar-refractivity contribution in [2.75, 3.05) is 0 Å². The maximum atomic E-state index is 6.48. The van der Waals surface area contributed by atoms with Gasteiger partial charge in [0.25, 0.3) is 0 Å². The lowest BCUT2D eigenvalue weighted by molar-refractivity contribution is -0.0399. The molecule has 5 aliphatic carbocycles. The molecule has 0 N–H and O–H groups in total. The van der Waals surface area contributed by atoms with Crippen LogP contribution in [0.5, 0.6) is 0 Å². The molecule has 5 aliphatic rings. The summed E-state index contributed by atoms with van der Waals surface area (Å²) in [5.41, 5.74) is 10.5. The lowest BCUT2D eigenvalue weighted by Crippen LogP contribution is -2.55. The first kappa shape index (κ1) is 26.0. The number of para-hydroxylation sites is 2. The molecule has 0 aliphatic heterocycles. The van der Waals surface area contributed by atoms with E-state index in [1.54, 1.807) is 5.56 Å². The standard InChI is InChI=1S/C43H33N3O/c1-2-10-27(11-3-1)40-44-41(46-42(45-40)34-16-8-14-31-30-12-5-7-19-37(30)47-39(31)34)33-15-9-18-36-38(33)32-13-4-6-17-35(32)43(36)28-21-25-20-26(23-28)24-29(43)22-25/h1-19,25-26,28-29H,20-24H2. The number of aromatic nitrogens is 3. The van der Waals surface area contributed by atoms with Gasteiger partial charge in [0.15, 0.2) is 17.5 Å². The lowest BCUT2D eigenvalue weighted by atomic mass is 9.43. The summed E-state index contributed by atoms with van der Waals surface area (Å²) in [4.78, 5) is 15.7. The summed E-state index contributed by atoms with van der Waals surface area (Å²) >= 11 is 0. The van der Waals surface area contributed by atoms with Crippen molar-refractivity contribution in [3.05, 3.63) is 126 Å². The molecule has 4 fully saturated rings. The van der Waals surface area contributed by atoms with E-state index in [-0.39, 0.29) is 5.41 Å². The monoisotopic (exact) mass is 607 g/mol. The van der Waals surface area contributed by atoms with Crippen molar-refractivity contribution in [2.45, 2.75) is 37.5 Å². The Labute approximate surface area is 273 Å². The first-order valence-electron chi connectivity index (χ1n) is 17.2. The molecule has 0 atom stereocenters. The predicted octanol–water partition coefficient (Wildman–Crippen LogP) is 10.5. The summed E-state index contributed by atoms with van der Waals surface area (Å²) in [6, 6.07) is 41.0. The van der Waals surface area contributed by atoms with E-state index in [0.29, 0.717) is 23.5 Å². The predicted molar refractivity (Wildman–Crippen MR) is 187 cm³/mol. The second kappa shape index (κ2) is 9.48. The number of rotatable bonds is 3. The van der Waals surface area contributed by atoms with Crippen LogP contribution in [0.3, 0.4) is 0 Å². The minimum atomic E-state index is 0.0906. The third-order valence-corrected chi connectivity index (χ3v) is 12.1. The maximum absolute atomic E-state index is 6.48. The van der Waals surface area contributed by atoms with Crippen molar-refractivity contribution in [3.63, 3.8) is 0 Å². The van der Waals surface area contributed by atoms with Crippen LogP contribution in [0.25, 0.3) is 67.2 Å². The Morgan fingerprint density at radius 3 is 1.91 bits per heavy atom. The maximum Gasteiger partial charge on any atom is 0.167 e. The van der Waals surface area contributed by atoms with E-state index in [0.717, 1.165) is 56.3 Å². The molecule has 0 radical (unpaired) electrons. The Kier molecular flexibility index (Phi) is 5.25. The molecule has 5 aromatic carbocycles. The quantitative estimate of drug-likeness (QED) is 0.201. The molecule has 12 rings (SSSR count). The molecule has 4 nitrogen and oxygen atoms in total. The largest absolute Gasteiger partial charge is 0.455 e. The minimum absolute atomic E-state index is 0.0906. The van der Waals surface area contributed by atoms with Crippen molar-refractivity contribution in [1.82, 2.24) is 15.0 Å². The Hall–Kier alpha value is -5.09. The van der Waals surface area contributed by atoms with E-state index in [1.807, 2.05) is 30.3 Å². The van der Waals surface area contributed by atoms with Gasteiger partial charge in [-0.05, 0) is 90.2 Å². The number of nitrogens with zero attached hydrogens (tertiary/aromatic N) is 3. The van der Waals surface area contributed by atoms with Crippen LogP contribution in [0.4, 0.5) is 0 Å². The van der Waals surface area contributed by atoms with Crippen molar-refractivity contribution in [2.24, 2.45) is 23.7 Å². The zero-order valence-electron chi connectivity index (χ0n) is 26.1. The summed E-state index contributed by atoms with van der Waals surface area (Å²) < 4.78 is 6.48. The first-order chi connectivity index (χ1) is 23.3. The van der Waals surface area contributed by atoms with Crippen LogP contribution in [-0.2, 0) is 5.41 Å². The molecule has 0 unspecified atom stereocenters. The second-order valence-electron chi connectivity index (χ2n) is 14.4. The summed E-state index contributed by atoms with van der Waals surface area (Å²) in [6.45, 7) is 0. The third kappa shape index (κ3) is 3.51. The average molecular weight is 608 g/mol. The number of hydrogen-bond acceptors (Lipinski definition) is 4. The van der Waals surface area contributed by atoms with Gasteiger partial charge in [0.1, 0.15) is 11.2 Å². The number of furan rings is 1. The average Bonchev–Trinajstić information content (AvgIpc) is 3.65. The van der Waals surface area contributed by atoms with Gasteiger partial charge < -0.3 is 4.42 Å². The van der Waals surface area contributed by atoms with Gasteiger partial charge in [0, 0.05) is 27.3 Å². The van der Waals surface area contributed by atoms with E-state index in [1.165, 1.54) is 48.8 Å². The fourth-order valence-corrected chi connectivity index (χ4v) is 10.6. The summed E-state index contributed by atoms with van der Waals surface area (Å²) in [6.07, 6.45) is 6.90. The molecular weight excluding hydrogens is 574 g/mol. The molecule has 226 valence electrons. The highest BCUT2D eigenvalue weighted by Gasteiger charge is 2.61. The normalized spacial score (nSPS) is 25.1. The smallest absolute Gasteiger partial charge is 0.167 e. The van der Waals surface area contributed by atoms with Crippen LogP contribution in [0.2, 0.25) is 0 Å². The van der Waals surface area contributed by atoms with Gasteiger partial charge in [-0.3, -0.25) is 0 Å². The molecule has 7 aromatic rings. The Balaban J connectivity index is 1.17. The van der Waals surface area contributed by atoms with Gasteiger partial charge >= 0.3 is 0 Å².